The van der Waals surface area contributed by atoms with Crippen LogP contribution in [0.3, 0.4) is 0 Å². The summed E-state index contributed by atoms with van der Waals surface area (Å²) in [5, 5.41) is 36.3. The summed E-state index contributed by atoms with van der Waals surface area (Å²) in [5.74, 6) is 0. The Morgan fingerprint density at radius 3 is 2.00 bits per heavy atom. The highest BCUT2D eigenvalue weighted by Crippen LogP contribution is 2.19. The van der Waals surface area contributed by atoms with Gasteiger partial charge in [-0.25, -0.2) is 0 Å². The fourth-order valence-electron chi connectivity index (χ4n) is 1.38. The van der Waals surface area contributed by atoms with Crippen molar-refractivity contribution in [3.8, 4) is 0 Å². The molecule has 78 valence electrons. The van der Waals surface area contributed by atoms with E-state index in [-0.39, 0.29) is 6.61 Å². The summed E-state index contributed by atoms with van der Waals surface area (Å²) in [6.45, 7) is -0.761. The number of aliphatic hydroxyl groups is 4. The van der Waals surface area contributed by atoms with Crippen molar-refractivity contribution in [2.75, 3.05) is 13.2 Å². The van der Waals surface area contributed by atoms with Crippen molar-refractivity contribution in [3.05, 3.63) is 0 Å². The molecule has 0 aromatic rings. The summed E-state index contributed by atoms with van der Waals surface area (Å²) < 4.78 is 5.04. The fraction of sp³-hybridized carbons (Fsp3) is 1.00. The number of hydrogen-bond acceptors (Lipinski definition) is 6. The maximum Gasteiger partial charge on any atom is 0.110 e. The van der Waals surface area contributed by atoms with Crippen LogP contribution in [0.5, 0.6) is 0 Å². The van der Waals surface area contributed by atoms with Crippen molar-refractivity contribution in [2.45, 2.75) is 30.5 Å². The third-order valence-corrected chi connectivity index (χ3v) is 2.26. The van der Waals surface area contributed by atoms with E-state index >= 15 is 0 Å². The summed E-state index contributed by atoms with van der Waals surface area (Å²) in [4.78, 5) is 0. The Hall–Kier alpha value is -0.240. The zero-order chi connectivity index (χ0) is 10.0. The maximum absolute atomic E-state index is 9.37. The third-order valence-electron chi connectivity index (χ3n) is 2.26. The molecule has 0 spiro atoms. The summed E-state index contributed by atoms with van der Waals surface area (Å²) in [6, 6.07) is -0.831. The van der Waals surface area contributed by atoms with Gasteiger partial charge in [0.25, 0.3) is 0 Å². The summed E-state index contributed by atoms with van der Waals surface area (Å²) >= 11 is 0. The van der Waals surface area contributed by atoms with Gasteiger partial charge in [0.1, 0.15) is 18.3 Å². The molecular formula is C7H15NO5. The molecule has 0 aliphatic carbocycles. The van der Waals surface area contributed by atoms with Crippen LogP contribution in [0.25, 0.3) is 0 Å². The molecule has 5 atom stereocenters. The van der Waals surface area contributed by atoms with Gasteiger partial charge in [-0.2, -0.15) is 0 Å². The van der Waals surface area contributed by atoms with Crippen molar-refractivity contribution in [1.82, 2.24) is 0 Å². The topological polar surface area (TPSA) is 116 Å². The molecular weight excluding hydrogens is 178 g/mol. The highest BCUT2D eigenvalue weighted by molar-refractivity contribution is 4.94. The molecule has 4 unspecified atom stereocenters. The van der Waals surface area contributed by atoms with Gasteiger partial charge in [-0.3, -0.25) is 0 Å². The van der Waals surface area contributed by atoms with E-state index in [1.165, 1.54) is 0 Å². The zero-order valence-corrected chi connectivity index (χ0v) is 7.08. The van der Waals surface area contributed by atoms with Gasteiger partial charge >= 0.3 is 0 Å². The van der Waals surface area contributed by atoms with Gasteiger partial charge < -0.3 is 30.9 Å². The van der Waals surface area contributed by atoms with Crippen LogP contribution in [-0.4, -0.2) is 64.1 Å². The maximum atomic E-state index is 9.37. The monoisotopic (exact) mass is 193 g/mol. The van der Waals surface area contributed by atoms with Gasteiger partial charge in [0.05, 0.1) is 25.4 Å². The molecule has 13 heavy (non-hydrogen) atoms. The Morgan fingerprint density at radius 2 is 1.54 bits per heavy atom. The van der Waals surface area contributed by atoms with Crippen LogP contribution < -0.4 is 5.73 Å². The number of hydrogen-bond donors (Lipinski definition) is 5. The van der Waals surface area contributed by atoms with Gasteiger partial charge in [0, 0.05) is 0 Å². The average Bonchev–Trinajstić information content (AvgIpc) is 2.15. The van der Waals surface area contributed by atoms with Crippen LogP contribution in [0.4, 0.5) is 0 Å². The van der Waals surface area contributed by atoms with E-state index < -0.39 is 37.1 Å². The lowest BCUT2D eigenvalue weighted by Gasteiger charge is -2.40. The largest absolute Gasteiger partial charge is 0.394 e. The van der Waals surface area contributed by atoms with Crippen molar-refractivity contribution in [2.24, 2.45) is 5.73 Å². The minimum absolute atomic E-state index is 0.346. The van der Waals surface area contributed by atoms with Crippen LogP contribution in [0, 0.1) is 0 Å². The average molecular weight is 193 g/mol. The minimum Gasteiger partial charge on any atom is -0.394 e. The lowest BCUT2D eigenvalue weighted by Crippen LogP contribution is -2.62. The van der Waals surface area contributed by atoms with Crippen LogP contribution in [0.15, 0.2) is 0 Å². The van der Waals surface area contributed by atoms with E-state index in [4.69, 9.17) is 20.7 Å². The smallest absolute Gasteiger partial charge is 0.110 e. The predicted octanol–water partition coefficient (Wildman–Crippen LogP) is -3.21. The normalized spacial score (nSPS) is 46.4. The summed E-state index contributed by atoms with van der Waals surface area (Å²) in [6.07, 6.45) is -4.01. The Morgan fingerprint density at radius 1 is 1.00 bits per heavy atom. The van der Waals surface area contributed by atoms with E-state index in [0.29, 0.717) is 0 Å². The first kappa shape index (κ1) is 10.8. The molecule has 6 N–H and O–H groups in total. The van der Waals surface area contributed by atoms with Gasteiger partial charge in [-0.1, -0.05) is 0 Å². The quantitative estimate of drug-likeness (QED) is 0.315. The van der Waals surface area contributed by atoms with E-state index in [9.17, 15) is 10.2 Å². The number of aliphatic hydroxyl groups excluding tert-OH is 4. The number of rotatable bonds is 2. The Labute approximate surface area is 75.6 Å². The van der Waals surface area contributed by atoms with E-state index in [1.54, 1.807) is 0 Å². The second-order valence-corrected chi connectivity index (χ2v) is 3.14. The van der Waals surface area contributed by atoms with Crippen molar-refractivity contribution >= 4 is 0 Å². The molecule has 0 radical (unpaired) electrons. The first-order valence-corrected chi connectivity index (χ1v) is 4.10. The third kappa shape index (κ3) is 1.98. The van der Waals surface area contributed by atoms with Gasteiger partial charge in [0.15, 0.2) is 0 Å². The first-order chi connectivity index (χ1) is 6.11. The number of nitrogens with two attached hydrogens (primary N) is 1. The molecule has 0 saturated carbocycles. The Balaban J connectivity index is 2.66. The van der Waals surface area contributed by atoms with E-state index in [1.807, 2.05) is 0 Å². The second-order valence-electron chi connectivity index (χ2n) is 3.14. The molecule has 1 rings (SSSR count). The molecule has 1 heterocycles. The van der Waals surface area contributed by atoms with Gasteiger partial charge in [-0.15, -0.1) is 0 Å². The zero-order valence-electron chi connectivity index (χ0n) is 7.08. The standard InChI is InChI=1S/C7H15NO5/c8-5-3(1-9)13-4(2-10)6(11)7(5)12/h3-7,9-12H,1-2,8H2/t3-,4?,5?,6?,7?/m1/s1. The van der Waals surface area contributed by atoms with Gasteiger partial charge in [-0.05, 0) is 0 Å². The van der Waals surface area contributed by atoms with E-state index in [0.717, 1.165) is 0 Å². The van der Waals surface area contributed by atoms with Crippen molar-refractivity contribution in [3.63, 3.8) is 0 Å². The second kappa shape index (κ2) is 4.32. The molecule has 1 saturated heterocycles. The van der Waals surface area contributed by atoms with Gasteiger partial charge in [0.2, 0.25) is 0 Å². The summed E-state index contributed by atoms with van der Waals surface area (Å²) in [5.41, 5.74) is 5.46. The molecule has 0 amide bonds. The van der Waals surface area contributed by atoms with E-state index in [2.05, 4.69) is 0 Å². The fourth-order valence-corrected chi connectivity index (χ4v) is 1.38. The van der Waals surface area contributed by atoms with Crippen LogP contribution in [0.1, 0.15) is 0 Å². The molecule has 1 aliphatic heterocycles. The van der Waals surface area contributed by atoms with Crippen molar-refractivity contribution < 1.29 is 25.2 Å². The molecule has 0 aromatic heterocycles. The highest BCUT2D eigenvalue weighted by atomic mass is 16.5. The predicted molar refractivity (Wildman–Crippen MR) is 42.8 cm³/mol. The molecule has 0 bridgehead atoms. The summed E-state index contributed by atoms with van der Waals surface area (Å²) in [7, 11) is 0. The van der Waals surface area contributed by atoms with Crippen LogP contribution >= 0.6 is 0 Å². The lowest BCUT2D eigenvalue weighted by atomic mass is 9.94. The molecule has 1 aliphatic rings. The molecule has 6 heteroatoms. The first-order valence-electron chi connectivity index (χ1n) is 4.10. The molecule has 1 fully saturated rings. The van der Waals surface area contributed by atoms with Crippen molar-refractivity contribution in [1.29, 1.82) is 0 Å². The molecule has 6 nitrogen and oxygen atoms in total. The lowest BCUT2D eigenvalue weighted by molar-refractivity contribution is -0.196. The van der Waals surface area contributed by atoms with Crippen LogP contribution in [0.2, 0.25) is 0 Å². The Bertz CT molecular complexity index is 147. The SMILES string of the molecule is NC1C(O)C(O)C(CO)O[C@@H]1CO. The number of ether oxygens (including phenoxy) is 1. The minimum atomic E-state index is -1.21. The Kier molecular flexibility index (Phi) is 3.60. The van der Waals surface area contributed by atoms with Crippen LogP contribution in [-0.2, 0) is 4.74 Å². The highest BCUT2D eigenvalue weighted by Gasteiger charge is 2.41. The molecule has 0 aromatic carbocycles.